The molecule has 0 radical (unpaired) electrons. The molecule has 3 aliphatic rings. The number of fused-ring (bicyclic) bond motifs is 2. The molecule has 1 N–H and O–H groups in total. The SMILES string of the molecule is C=CC(=O)N1CC(N2Cc3c(cc(-c4c(C)ccc5[nH]ncc45)cc3N3CCCC3)C2=O)C1. The van der Waals surface area contributed by atoms with E-state index in [0.717, 1.165) is 51.8 Å². The zero-order valence-corrected chi connectivity index (χ0v) is 18.8. The van der Waals surface area contributed by atoms with E-state index in [1.807, 2.05) is 11.1 Å². The molecule has 33 heavy (non-hydrogen) atoms. The third-order valence-corrected chi connectivity index (χ3v) is 7.40. The normalized spacial score (nSPS) is 18.2. The topological polar surface area (TPSA) is 72.5 Å². The van der Waals surface area contributed by atoms with Crippen molar-refractivity contribution >= 4 is 28.4 Å². The second kappa shape index (κ2) is 7.47. The number of hydrogen-bond acceptors (Lipinski definition) is 4. The maximum Gasteiger partial charge on any atom is 0.254 e. The summed E-state index contributed by atoms with van der Waals surface area (Å²) in [6.07, 6.45) is 5.56. The average Bonchev–Trinajstić information content (AvgIpc) is 3.53. The van der Waals surface area contributed by atoms with Crippen LogP contribution in [0.2, 0.25) is 0 Å². The molecule has 7 nitrogen and oxygen atoms in total. The van der Waals surface area contributed by atoms with E-state index in [0.29, 0.717) is 19.6 Å². The van der Waals surface area contributed by atoms with Crippen LogP contribution < -0.4 is 4.90 Å². The van der Waals surface area contributed by atoms with Gasteiger partial charge in [-0.3, -0.25) is 14.7 Å². The van der Waals surface area contributed by atoms with Crippen LogP contribution in [0.15, 0.2) is 43.1 Å². The number of aromatic amines is 1. The van der Waals surface area contributed by atoms with Gasteiger partial charge in [0.15, 0.2) is 0 Å². The van der Waals surface area contributed by atoms with Crippen LogP contribution in [0.5, 0.6) is 0 Å². The summed E-state index contributed by atoms with van der Waals surface area (Å²) in [4.78, 5) is 31.6. The van der Waals surface area contributed by atoms with Gasteiger partial charge in [0.05, 0.1) is 17.8 Å². The standard InChI is InChI=1S/C26H27N5O2/c1-3-24(32)30-13-18(14-30)31-15-21-19(26(31)33)10-17(11-23(21)29-8-4-5-9-29)25-16(2)6-7-22-20(25)12-27-28-22/h3,6-7,10-12,18H,1,4-5,8-9,13-15H2,2H3,(H,27,28). The molecular formula is C26H27N5O2. The van der Waals surface area contributed by atoms with Crippen LogP contribution in [-0.4, -0.2) is 64.0 Å². The molecule has 1 aromatic heterocycles. The van der Waals surface area contributed by atoms with E-state index in [9.17, 15) is 9.59 Å². The zero-order chi connectivity index (χ0) is 22.7. The van der Waals surface area contributed by atoms with Crippen LogP contribution in [0.25, 0.3) is 22.0 Å². The summed E-state index contributed by atoms with van der Waals surface area (Å²) in [5, 5.41) is 8.39. The summed E-state index contributed by atoms with van der Waals surface area (Å²) in [6.45, 7) is 9.47. The van der Waals surface area contributed by atoms with Crippen molar-refractivity contribution in [3.8, 4) is 11.1 Å². The van der Waals surface area contributed by atoms with Crippen LogP contribution in [0, 0.1) is 6.92 Å². The molecule has 2 amide bonds. The summed E-state index contributed by atoms with van der Waals surface area (Å²) in [7, 11) is 0. The highest BCUT2D eigenvalue weighted by Gasteiger charge is 2.42. The number of aromatic nitrogens is 2. The van der Waals surface area contributed by atoms with Gasteiger partial charge in [0.25, 0.3) is 5.91 Å². The predicted molar refractivity (Wildman–Crippen MR) is 128 cm³/mol. The molecule has 2 saturated heterocycles. The highest BCUT2D eigenvalue weighted by atomic mass is 16.2. The van der Waals surface area contributed by atoms with Crippen molar-refractivity contribution in [2.45, 2.75) is 32.4 Å². The first kappa shape index (κ1) is 20.0. The molecule has 2 aromatic carbocycles. The molecule has 0 saturated carbocycles. The van der Waals surface area contributed by atoms with Gasteiger partial charge in [0.2, 0.25) is 5.91 Å². The van der Waals surface area contributed by atoms with Crippen LogP contribution in [0.1, 0.15) is 34.3 Å². The largest absolute Gasteiger partial charge is 0.371 e. The molecule has 3 aromatic rings. The van der Waals surface area contributed by atoms with Crippen LogP contribution in [0.4, 0.5) is 5.69 Å². The summed E-state index contributed by atoms with van der Waals surface area (Å²) in [5.74, 6) is -0.000783. The highest BCUT2D eigenvalue weighted by Crippen LogP contribution is 2.41. The first-order valence-electron chi connectivity index (χ1n) is 11.6. The van der Waals surface area contributed by atoms with Gasteiger partial charge in [0.1, 0.15) is 0 Å². The maximum absolute atomic E-state index is 13.6. The van der Waals surface area contributed by atoms with E-state index in [1.165, 1.54) is 24.6 Å². The summed E-state index contributed by atoms with van der Waals surface area (Å²) < 4.78 is 0. The molecule has 168 valence electrons. The fourth-order valence-electron chi connectivity index (χ4n) is 5.56. The lowest BCUT2D eigenvalue weighted by atomic mass is 9.93. The Bertz CT molecular complexity index is 1300. The van der Waals surface area contributed by atoms with Crippen LogP contribution >= 0.6 is 0 Å². The Labute approximate surface area is 192 Å². The second-order valence-electron chi connectivity index (χ2n) is 9.34. The van der Waals surface area contributed by atoms with Gasteiger partial charge in [-0.25, -0.2) is 0 Å². The fraction of sp³-hybridized carbons (Fsp3) is 0.346. The third-order valence-electron chi connectivity index (χ3n) is 7.40. The number of carbonyl (C=O) groups is 2. The zero-order valence-electron chi connectivity index (χ0n) is 18.8. The van der Waals surface area contributed by atoms with E-state index in [4.69, 9.17) is 0 Å². The fourth-order valence-corrected chi connectivity index (χ4v) is 5.56. The van der Waals surface area contributed by atoms with Gasteiger partial charge in [-0.05, 0) is 60.7 Å². The second-order valence-corrected chi connectivity index (χ2v) is 9.34. The number of hydrogen-bond donors (Lipinski definition) is 1. The number of likely N-dealkylation sites (tertiary alicyclic amines) is 1. The van der Waals surface area contributed by atoms with Gasteiger partial charge < -0.3 is 14.7 Å². The van der Waals surface area contributed by atoms with Crippen molar-refractivity contribution in [3.63, 3.8) is 0 Å². The Hall–Kier alpha value is -3.61. The molecule has 0 bridgehead atoms. The number of amides is 2. The Kier molecular flexibility index (Phi) is 4.54. The lowest BCUT2D eigenvalue weighted by Gasteiger charge is -2.43. The van der Waals surface area contributed by atoms with Crippen molar-refractivity contribution in [1.82, 2.24) is 20.0 Å². The molecule has 2 fully saturated rings. The number of anilines is 1. The first-order valence-corrected chi connectivity index (χ1v) is 11.6. The molecule has 0 spiro atoms. The van der Waals surface area contributed by atoms with Crippen molar-refractivity contribution in [2.75, 3.05) is 31.1 Å². The molecule has 6 rings (SSSR count). The molecule has 0 unspecified atom stereocenters. The van der Waals surface area contributed by atoms with E-state index in [-0.39, 0.29) is 17.9 Å². The number of carbonyl (C=O) groups excluding carboxylic acids is 2. The molecule has 0 atom stereocenters. The number of nitrogens with one attached hydrogen (secondary N) is 1. The lowest BCUT2D eigenvalue weighted by molar-refractivity contribution is -0.132. The number of benzene rings is 2. The minimum atomic E-state index is -0.0702. The predicted octanol–water partition coefficient (Wildman–Crippen LogP) is 3.49. The monoisotopic (exact) mass is 441 g/mol. The van der Waals surface area contributed by atoms with Gasteiger partial charge in [-0.2, -0.15) is 5.10 Å². The van der Waals surface area contributed by atoms with E-state index in [2.05, 4.69) is 52.9 Å². The molecule has 4 heterocycles. The number of rotatable bonds is 4. The van der Waals surface area contributed by atoms with Crippen molar-refractivity contribution in [3.05, 3.63) is 59.8 Å². The highest BCUT2D eigenvalue weighted by molar-refractivity contribution is 6.04. The maximum atomic E-state index is 13.6. The van der Waals surface area contributed by atoms with Crippen molar-refractivity contribution in [2.24, 2.45) is 0 Å². The Morgan fingerprint density at radius 1 is 1.21 bits per heavy atom. The number of nitrogens with zero attached hydrogens (tertiary/aromatic N) is 4. The summed E-state index contributed by atoms with van der Waals surface area (Å²) in [5.41, 5.74) is 7.44. The number of aryl methyl sites for hydroxylation is 1. The van der Waals surface area contributed by atoms with Gasteiger partial charge in [-0.1, -0.05) is 12.6 Å². The Balaban J connectivity index is 1.43. The van der Waals surface area contributed by atoms with Crippen molar-refractivity contribution < 1.29 is 9.59 Å². The van der Waals surface area contributed by atoms with Crippen LogP contribution in [-0.2, 0) is 11.3 Å². The Morgan fingerprint density at radius 3 is 2.76 bits per heavy atom. The van der Waals surface area contributed by atoms with E-state index >= 15 is 0 Å². The van der Waals surface area contributed by atoms with Gasteiger partial charge in [0, 0.05) is 54.9 Å². The molecule has 7 heteroatoms. The minimum Gasteiger partial charge on any atom is -0.371 e. The van der Waals surface area contributed by atoms with Crippen LogP contribution in [0.3, 0.4) is 0 Å². The van der Waals surface area contributed by atoms with Gasteiger partial charge in [-0.15, -0.1) is 0 Å². The molecule has 3 aliphatic heterocycles. The molecular weight excluding hydrogens is 414 g/mol. The van der Waals surface area contributed by atoms with Gasteiger partial charge >= 0.3 is 0 Å². The lowest BCUT2D eigenvalue weighted by Crippen LogP contribution is -2.60. The smallest absolute Gasteiger partial charge is 0.254 e. The summed E-state index contributed by atoms with van der Waals surface area (Å²) in [6, 6.07) is 8.55. The first-order chi connectivity index (χ1) is 16.0. The quantitative estimate of drug-likeness (QED) is 0.629. The summed E-state index contributed by atoms with van der Waals surface area (Å²) >= 11 is 0. The third kappa shape index (κ3) is 3.06. The van der Waals surface area contributed by atoms with Crippen molar-refractivity contribution in [1.29, 1.82) is 0 Å². The average molecular weight is 442 g/mol. The molecule has 0 aliphatic carbocycles. The van der Waals surface area contributed by atoms with E-state index in [1.54, 1.807) is 4.90 Å². The number of H-pyrrole nitrogens is 1. The minimum absolute atomic E-state index is 0.0581. The Morgan fingerprint density at radius 2 is 2.00 bits per heavy atom. The van der Waals surface area contributed by atoms with E-state index < -0.39 is 0 Å².